The molecule has 3 rings (SSSR count). The second-order valence-electron chi connectivity index (χ2n) is 7.29. The highest BCUT2D eigenvalue weighted by Crippen LogP contribution is 2.21. The highest BCUT2D eigenvalue weighted by Gasteiger charge is 2.22. The Morgan fingerprint density at radius 1 is 1.16 bits per heavy atom. The summed E-state index contributed by atoms with van der Waals surface area (Å²) in [5, 5.41) is 7.79. The predicted octanol–water partition coefficient (Wildman–Crippen LogP) is 3.98. The zero-order chi connectivity index (χ0) is 23.3. The first-order valence-corrected chi connectivity index (χ1v) is 11.3. The summed E-state index contributed by atoms with van der Waals surface area (Å²) in [7, 11) is 0. The number of nitrogens with zero attached hydrogens (tertiary/aromatic N) is 2. The van der Waals surface area contributed by atoms with E-state index in [1.165, 1.54) is 18.3 Å². The van der Waals surface area contributed by atoms with Gasteiger partial charge in [0.1, 0.15) is 5.56 Å². The first-order chi connectivity index (χ1) is 15.3. The van der Waals surface area contributed by atoms with E-state index in [1.807, 2.05) is 24.3 Å². The van der Waals surface area contributed by atoms with Crippen LogP contribution < -0.4 is 5.32 Å². The van der Waals surface area contributed by atoms with Gasteiger partial charge in [0, 0.05) is 23.4 Å². The van der Waals surface area contributed by atoms with Crippen molar-refractivity contribution in [2.45, 2.75) is 33.7 Å². The number of hydrogen-bond donors (Lipinski definition) is 1. The van der Waals surface area contributed by atoms with Crippen LogP contribution in [-0.4, -0.2) is 40.6 Å². The van der Waals surface area contributed by atoms with Crippen LogP contribution in [0.25, 0.3) is 0 Å². The average molecular weight is 474 g/mol. The van der Waals surface area contributed by atoms with Gasteiger partial charge in [-0.1, -0.05) is 29.8 Å². The molecule has 1 N–H and O–H groups in total. The number of halogens is 1. The van der Waals surface area contributed by atoms with E-state index in [9.17, 15) is 14.4 Å². The number of ketones is 1. The van der Waals surface area contributed by atoms with E-state index in [-0.39, 0.29) is 18.3 Å². The molecule has 0 spiro atoms. The Hall–Kier alpha value is -2.97. The van der Waals surface area contributed by atoms with Crippen LogP contribution in [0.15, 0.2) is 36.4 Å². The third-order valence-electron chi connectivity index (χ3n) is 4.88. The number of aryl methyl sites for hydroxylation is 1. The monoisotopic (exact) mass is 473 g/mol. The fourth-order valence-electron chi connectivity index (χ4n) is 3.23. The summed E-state index contributed by atoms with van der Waals surface area (Å²) >= 11 is 7.57. The van der Waals surface area contributed by atoms with Gasteiger partial charge in [-0.25, -0.2) is 4.79 Å². The maximum Gasteiger partial charge on any atom is 0.342 e. The van der Waals surface area contributed by atoms with Gasteiger partial charge in [-0.15, -0.1) is 11.3 Å². The molecule has 0 aliphatic carbocycles. The number of rotatable bonds is 9. The Bertz CT molecular complexity index is 1150. The van der Waals surface area contributed by atoms with Crippen LogP contribution in [0.4, 0.5) is 0 Å². The molecule has 1 aromatic carbocycles. The number of amides is 1. The topological polar surface area (TPSA) is 90.3 Å². The molecule has 0 saturated heterocycles. The molecule has 0 unspecified atom stereocenters. The number of thiophene rings is 1. The lowest BCUT2D eigenvalue weighted by molar-refractivity contribution is -0.118. The van der Waals surface area contributed by atoms with Crippen molar-refractivity contribution in [3.05, 3.63) is 73.7 Å². The number of carbonyl (C=O) groups is 3. The van der Waals surface area contributed by atoms with Gasteiger partial charge in [-0.2, -0.15) is 5.10 Å². The normalized spacial score (nSPS) is 10.8. The molecular weight excluding hydrogens is 450 g/mol. The SMILES string of the molecule is CC(=O)NCCc1ccc(C(=O)COC(=O)c2c(C)nn(Cc3ccccc3Cl)c2C)s1. The van der Waals surface area contributed by atoms with E-state index in [0.29, 0.717) is 46.4 Å². The smallest absolute Gasteiger partial charge is 0.342 e. The van der Waals surface area contributed by atoms with Gasteiger partial charge >= 0.3 is 5.97 Å². The molecule has 0 bridgehead atoms. The van der Waals surface area contributed by atoms with E-state index in [0.717, 1.165) is 10.4 Å². The van der Waals surface area contributed by atoms with Gasteiger partial charge in [-0.05, 0) is 44.0 Å². The summed E-state index contributed by atoms with van der Waals surface area (Å²) in [6.45, 7) is 5.57. The summed E-state index contributed by atoms with van der Waals surface area (Å²) in [6.07, 6.45) is 0.639. The minimum atomic E-state index is -0.582. The lowest BCUT2D eigenvalue weighted by atomic mass is 10.2. The molecule has 32 heavy (non-hydrogen) atoms. The van der Waals surface area contributed by atoms with Crippen molar-refractivity contribution in [3.8, 4) is 0 Å². The van der Waals surface area contributed by atoms with Gasteiger partial charge in [0.15, 0.2) is 6.61 Å². The second-order valence-corrected chi connectivity index (χ2v) is 8.87. The van der Waals surface area contributed by atoms with Gasteiger partial charge in [-0.3, -0.25) is 14.3 Å². The van der Waals surface area contributed by atoms with E-state index >= 15 is 0 Å². The van der Waals surface area contributed by atoms with Crippen LogP contribution in [0.5, 0.6) is 0 Å². The summed E-state index contributed by atoms with van der Waals surface area (Å²) in [6, 6.07) is 11.0. The van der Waals surface area contributed by atoms with Gasteiger partial charge < -0.3 is 10.1 Å². The molecule has 3 aromatic rings. The molecule has 1 amide bonds. The number of hydrogen-bond acceptors (Lipinski definition) is 6. The predicted molar refractivity (Wildman–Crippen MR) is 124 cm³/mol. The molecule has 7 nitrogen and oxygen atoms in total. The van der Waals surface area contributed by atoms with Crippen molar-refractivity contribution < 1.29 is 19.1 Å². The van der Waals surface area contributed by atoms with Crippen molar-refractivity contribution in [1.29, 1.82) is 0 Å². The fourth-order valence-corrected chi connectivity index (χ4v) is 4.36. The molecule has 2 heterocycles. The number of esters is 1. The van der Waals surface area contributed by atoms with Crippen LogP contribution in [0, 0.1) is 13.8 Å². The lowest BCUT2D eigenvalue weighted by Gasteiger charge is -2.07. The van der Waals surface area contributed by atoms with Crippen LogP contribution >= 0.6 is 22.9 Å². The number of aromatic nitrogens is 2. The Balaban J connectivity index is 1.61. The summed E-state index contributed by atoms with van der Waals surface area (Å²) in [5.41, 5.74) is 2.42. The van der Waals surface area contributed by atoms with Crippen molar-refractivity contribution in [2.75, 3.05) is 13.2 Å². The molecular formula is C23H24ClN3O4S. The number of carbonyl (C=O) groups excluding carboxylic acids is 3. The molecule has 168 valence electrons. The van der Waals surface area contributed by atoms with Gasteiger partial charge in [0.2, 0.25) is 11.7 Å². The standard InChI is InChI=1S/C23H24ClN3O4S/c1-14-22(15(2)27(26-14)12-17-6-4-5-7-19(17)24)23(30)31-13-20(29)21-9-8-18(32-21)10-11-25-16(3)28/h4-9H,10-13H2,1-3H3,(H,25,28). The maximum atomic E-state index is 12.7. The number of benzene rings is 1. The van der Waals surface area contributed by atoms with Crippen LogP contribution in [0.2, 0.25) is 5.02 Å². The van der Waals surface area contributed by atoms with Crippen LogP contribution in [0.3, 0.4) is 0 Å². The molecule has 0 fully saturated rings. The maximum absolute atomic E-state index is 12.7. The van der Waals surface area contributed by atoms with Gasteiger partial charge in [0.25, 0.3) is 0 Å². The molecule has 0 saturated carbocycles. The highest BCUT2D eigenvalue weighted by atomic mass is 35.5. The Kier molecular flexibility index (Phi) is 7.82. The zero-order valence-electron chi connectivity index (χ0n) is 18.1. The average Bonchev–Trinajstić information content (AvgIpc) is 3.32. The summed E-state index contributed by atoms with van der Waals surface area (Å²) < 4.78 is 7.00. The third kappa shape index (κ3) is 5.83. The van der Waals surface area contributed by atoms with Crippen LogP contribution in [0.1, 0.15) is 48.8 Å². The number of Topliss-reactive ketones (excluding diaryl/α,β-unsaturated/α-hetero) is 1. The zero-order valence-corrected chi connectivity index (χ0v) is 19.7. The first kappa shape index (κ1) is 23.7. The molecule has 0 atom stereocenters. The Morgan fingerprint density at radius 3 is 2.62 bits per heavy atom. The Labute approximate surface area is 195 Å². The highest BCUT2D eigenvalue weighted by molar-refractivity contribution is 7.14. The number of nitrogens with one attached hydrogen (secondary N) is 1. The quantitative estimate of drug-likeness (QED) is 0.375. The Morgan fingerprint density at radius 2 is 1.91 bits per heavy atom. The second kappa shape index (κ2) is 10.6. The van der Waals surface area contributed by atoms with E-state index in [2.05, 4.69) is 10.4 Å². The van der Waals surface area contributed by atoms with E-state index in [4.69, 9.17) is 16.3 Å². The van der Waals surface area contributed by atoms with Crippen molar-refractivity contribution in [2.24, 2.45) is 0 Å². The largest absolute Gasteiger partial charge is 0.454 e. The molecule has 0 aliphatic heterocycles. The lowest BCUT2D eigenvalue weighted by Crippen LogP contribution is -2.22. The fraction of sp³-hybridized carbons (Fsp3) is 0.304. The van der Waals surface area contributed by atoms with Crippen molar-refractivity contribution >= 4 is 40.6 Å². The summed E-state index contributed by atoms with van der Waals surface area (Å²) in [4.78, 5) is 37.6. The van der Waals surface area contributed by atoms with Crippen LogP contribution in [-0.2, 0) is 22.5 Å². The minimum absolute atomic E-state index is 0.0921. The van der Waals surface area contributed by atoms with Crippen molar-refractivity contribution in [3.63, 3.8) is 0 Å². The van der Waals surface area contributed by atoms with Crippen molar-refractivity contribution in [1.82, 2.24) is 15.1 Å². The van der Waals surface area contributed by atoms with E-state index in [1.54, 1.807) is 30.7 Å². The third-order valence-corrected chi connectivity index (χ3v) is 6.43. The first-order valence-electron chi connectivity index (χ1n) is 10.1. The molecule has 0 aliphatic rings. The molecule has 2 aromatic heterocycles. The summed E-state index contributed by atoms with van der Waals surface area (Å²) in [5.74, 6) is -0.945. The molecule has 9 heteroatoms. The number of ether oxygens (including phenoxy) is 1. The molecule has 0 radical (unpaired) electrons. The van der Waals surface area contributed by atoms with Gasteiger partial charge in [0.05, 0.1) is 22.8 Å². The minimum Gasteiger partial charge on any atom is -0.454 e. The van der Waals surface area contributed by atoms with E-state index < -0.39 is 5.97 Å².